The van der Waals surface area contributed by atoms with Gasteiger partial charge in [0.2, 0.25) is 0 Å². The zero-order valence-corrected chi connectivity index (χ0v) is 18.4. The summed E-state index contributed by atoms with van der Waals surface area (Å²) >= 11 is 0. The molecule has 5 aliphatic rings. The molecule has 1 spiro atoms. The Morgan fingerprint density at radius 1 is 1.17 bits per heavy atom. The van der Waals surface area contributed by atoms with Crippen molar-refractivity contribution in [3.63, 3.8) is 0 Å². The van der Waals surface area contributed by atoms with Crippen LogP contribution in [0.15, 0.2) is 23.8 Å². The van der Waals surface area contributed by atoms with E-state index in [0.717, 1.165) is 38.5 Å². The van der Waals surface area contributed by atoms with Gasteiger partial charge >= 0.3 is 11.9 Å². The predicted octanol–water partition coefficient (Wildman–Crippen LogP) is 5.53. The lowest BCUT2D eigenvalue weighted by molar-refractivity contribution is -0.232. The summed E-state index contributed by atoms with van der Waals surface area (Å²) in [5.41, 5.74) is 1.11. The summed E-state index contributed by atoms with van der Waals surface area (Å²) in [4.78, 5) is 25.2. The van der Waals surface area contributed by atoms with E-state index in [0.29, 0.717) is 30.3 Å². The highest BCUT2D eigenvalue weighted by atomic mass is 16.5. The number of aliphatic carboxylic acids is 1. The van der Waals surface area contributed by atoms with Crippen LogP contribution in [-0.4, -0.2) is 23.1 Å². The molecule has 0 saturated heterocycles. The van der Waals surface area contributed by atoms with Crippen LogP contribution < -0.4 is 0 Å². The highest BCUT2D eigenvalue weighted by molar-refractivity contribution is 5.87. The molecule has 2 bridgehead atoms. The zero-order valence-electron chi connectivity index (χ0n) is 18.4. The lowest BCUT2D eigenvalue weighted by Crippen LogP contribution is -2.66. The van der Waals surface area contributed by atoms with Gasteiger partial charge < -0.3 is 9.84 Å². The summed E-state index contributed by atoms with van der Waals surface area (Å²) in [6.45, 7) is 12.3. The van der Waals surface area contributed by atoms with Gasteiger partial charge in [-0.25, -0.2) is 4.79 Å². The Morgan fingerprint density at radius 3 is 2.52 bits per heavy atom. The van der Waals surface area contributed by atoms with Crippen molar-refractivity contribution in [3.8, 4) is 0 Å². The van der Waals surface area contributed by atoms with Gasteiger partial charge in [-0.2, -0.15) is 0 Å². The van der Waals surface area contributed by atoms with Crippen molar-refractivity contribution < 1.29 is 19.4 Å². The van der Waals surface area contributed by atoms with Gasteiger partial charge in [0.1, 0.15) is 6.10 Å². The van der Waals surface area contributed by atoms with Gasteiger partial charge in [-0.15, -0.1) is 0 Å². The Hall–Kier alpha value is -1.58. The van der Waals surface area contributed by atoms with Crippen molar-refractivity contribution in [1.82, 2.24) is 0 Å². The number of esters is 1. The van der Waals surface area contributed by atoms with Crippen molar-refractivity contribution in [2.24, 2.45) is 34.0 Å². The van der Waals surface area contributed by atoms with E-state index in [9.17, 15) is 14.7 Å². The van der Waals surface area contributed by atoms with Crippen LogP contribution in [0.1, 0.15) is 79.1 Å². The fraction of sp³-hybridized carbons (Fsp3) is 0.760. The number of carboxylic acids is 1. The van der Waals surface area contributed by atoms with E-state index in [1.165, 1.54) is 5.57 Å². The topological polar surface area (TPSA) is 63.6 Å². The number of fused-ring (bicyclic) bond motifs is 3. The summed E-state index contributed by atoms with van der Waals surface area (Å²) in [6.07, 6.45) is 9.22. The van der Waals surface area contributed by atoms with Crippen LogP contribution in [0.2, 0.25) is 0 Å². The van der Waals surface area contributed by atoms with Gasteiger partial charge in [-0.1, -0.05) is 31.6 Å². The lowest BCUT2D eigenvalue weighted by Gasteiger charge is -2.69. The van der Waals surface area contributed by atoms with Crippen LogP contribution >= 0.6 is 0 Å². The first-order valence-electron chi connectivity index (χ1n) is 11.3. The van der Waals surface area contributed by atoms with E-state index >= 15 is 0 Å². The van der Waals surface area contributed by atoms with E-state index in [1.54, 1.807) is 13.0 Å². The summed E-state index contributed by atoms with van der Waals surface area (Å²) in [7, 11) is 0. The van der Waals surface area contributed by atoms with Crippen molar-refractivity contribution in [3.05, 3.63) is 23.8 Å². The molecule has 4 nitrogen and oxygen atoms in total. The number of hydrogen-bond donors (Lipinski definition) is 1. The molecule has 5 aliphatic carbocycles. The normalized spacial score (nSPS) is 46.6. The lowest BCUT2D eigenvalue weighted by atomic mass is 9.36. The van der Waals surface area contributed by atoms with Gasteiger partial charge in [0.05, 0.1) is 5.41 Å². The van der Waals surface area contributed by atoms with E-state index in [4.69, 9.17) is 4.74 Å². The molecular formula is C25H36O4. The summed E-state index contributed by atoms with van der Waals surface area (Å²) in [6, 6.07) is 0. The highest BCUT2D eigenvalue weighted by Crippen LogP contribution is 2.72. The molecule has 4 heteroatoms. The average molecular weight is 401 g/mol. The molecule has 0 heterocycles. The fourth-order valence-electron chi connectivity index (χ4n) is 7.90. The van der Waals surface area contributed by atoms with Crippen molar-refractivity contribution in [1.29, 1.82) is 0 Å². The average Bonchev–Trinajstić information content (AvgIpc) is 2.68. The molecule has 5 rings (SSSR count). The summed E-state index contributed by atoms with van der Waals surface area (Å²) < 4.78 is 6.21. The maximum Gasteiger partial charge on any atom is 0.333 e. The molecule has 0 radical (unpaired) electrons. The van der Waals surface area contributed by atoms with E-state index < -0.39 is 11.4 Å². The Labute approximate surface area is 174 Å². The van der Waals surface area contributed by atoms with Crippen LogP contribution in [0, 0.1) is 34.0 Å². The van der Waals surface area contributed by atoms with Crippen LogP contribution in [0.4, 0.5) is 0 Å². The molecule has 0 aromatic heterocycles. The fourth-order valence-corrected chi connectivity index (χ4v) is 7.90. The zero-order chi connectivity index (χ0) is 21.2. The van der Waals surface area contributed by atoms with Gasteiger partial charge in [-0.3, -0.25) is 4.79 Å². The first-order valence-corrected chi connectivity index (χ1v) is 11.3. The van der Waals surface area contributed by atoms with Gasteiger partial charge in [0, 0.05) is 11.0 Å². The Bertz CT molecular complexity index is 782. The number of carbonyl (C=O) groups is 2. The number of carboxylic acid groups (broad SMARTS) is 1. The molecule has 7 atom stereocenters. The molecular weight excluding hydrogens is 364 g/mol. The third-order valence-corrected chi connectivity index (χ3v) is 9.66. The molecule has 0 amide bonds. The van der Waals surface area contributed by atoms with Crippen LogP contribution in [-0.2, 0) is 14.3 Å². The van der Waals surface area contributed by atoms with Gasteiger partial charge in [0.15, 0.2) is 0 Å². The molecule has 0 unspecified atom stereocenters. The monoisotopic (exact) mass is 400 g/mol. The molecule has 0 aromatic rings. The molecule has 1 N–H and O–H groups in total. The van der Waals surface area contributed by atoms with E-state index in [1.807, 2.05) is 13.8 Å². The Balaban J connectivity index is 1.79. The Kier molecular flexibility index (Phi) is 4.79. The largest absolute Gasteiger partial charge is 0.481 e. The maximum absolute atomic E-state index is 12.8. The minimum absolute atomic E-state index is 0.0106. The first kappa shape index (κ1) is 20.7. The molecule has 5 saturated carbocycles. The molecule has 0 aliphatic heterocycles. The van der Waals surface area contributed by atoms with Crippen LogP contribution in [0.5, 0.6) is 0 Å². The second kappa shape index (κ2) is 6.72. The first-order chi connectivity index (χ1) is 13.6. The Morgan fingerprint density at radius 2 is 1.90 bits per heavy atom. The standard InChI is InChI=1S/C25H36O4/c1-6-15(2)21(26)29-20-13-18-23(4,9-7-10-24(18,5)22(27)28)19-12-17-8-11-25(19,20)14-16(17)3/h6,17-20H,3,7-14H2,1-2,4-5H3,(H,27,28)/b15-6+/t17-,18-,19-,20+,23+,24+,25+/m0/s1. The third-order valence-electron chi connectivity index (χ3n) is 9.66. The molecule has 160 valence electrons. The number of carbonyl (C=O) groups excluding carboxylic acids is 1. The van der Waals surface area contributed by atoms with E-state index in [2.05, 4.69) is 13.5 Å². The van der Waals surface area contributed by atoms with Crippen molar-refractivity contribution >= 4 is 11.9 Å². The number of ether oxygens (including phenoxy) is 1. The second-order valence-electron chi connectivity index (χ2n) is 10.8. The highest BCUT2D eigenvalue weighted by Gasteiger charge is 2.69. The van der Waals surface area contributed by atoms with Gasteiger partial charge in [-0.05, 0) is 88.9 Å². The summed E-state index contributed by atoms with van der Waals surface area (Å²) in [5.74, 6) is 0.0443. The van der Waals surface area contributed by atoms with Gasteiger partial charge in [0.25, 0.3) is 0 Å². The SMILES string of the molecule is C=C1C[C@]23CC[C@H]1C[C@H]2[C@]1(C)CCC[C@@](C)(C(=O)O)[C@H]1C[C@H]3OC(=O)/C(C)=C/C. The molecule has 0 aromatic carbocycles. The summed E-state index contributed by atoms with van der Waals surface area (Å²) in [5, 5.41) is 10.2. The minimum atomic E-state index is -0.747. The van der Waals surface area contributed by atoms with Crippen molar-refractivity contribution in [2.45, 2.75) is 85.2 Å². The van der Waals surface area contributed by atoms with E-state index in [-0.39, 0.29) is 28.8 Å². The molecule has 29 heavy (non-hydrogen) atoms. The number of allylic oxidation sites excluding steroid dienone is 2. The van der Waals surface area contributed by atoms with Crippen LogP contribution in [0.3, 0.4) is 0 Å². The third kappa shape index (κ3) is 2.77. The molecule has 5 fully saturated rings. The van der Waals surface area contributed by atoms with Crippen LogP contribution in [0.25, 0.3) is 0 Å². The number of hydrogen-bond acceptors (Lipinski definition) is 3. The second-order valence-corrected chi connectivity index (χ2v) is 10.8. The minimum Gasteiger partial charge on any atom is -0.481 e. The quantitative estimate of drug-likeness (QED) is 0.384. The predicted molar refractivity (Wildman–Crippen MR) is 112 cm³/mol. The number of rotatable bonds is 3. The smallest absolute Gasteiger partial charge is 0.333 e. The maximum atomic E-state index is 12.8. The van der Waals surface area contributed by atoms with Crippen molar-refractivity contribution in [2.75, 3.05) is 0 Å².